The molecule has 1 saturated carbocycles. The molecule has 0 bridgehead atoms. The van der Waals surface area contributed by atoms with Crippen LogP contribution < -0.4 is 20.4 Å². The van der Waals surface area contributed by atoms with E-state index in [1.165, 1.54) is 17.9 Å². The molecule has 1 aromatic heterocycles. The van der Waals surface area contributed by atoms with Crippen LogP contribution in [0.4, 0.5) is 14.5 Å². The summed E-state index contributed by atoms with van der Waals surface area (Å²) in [7, 11) is 1.39. The van der Waals surface area contributed by atoms with Crippen LogP contribution in [0.5, 0.6) is 5.75 Å². The lowest BCUT2D eigenvalue weighted by Crippen LogP contribution is -2.47. The SMILES string of the molecule is COc1c(N2CCN(CCOCCO)CC2)c(F)cc2c(=O)c(C(=O)NCc3ccc(Cl)cc3Cl)cn([C@@H]3C[C@@H]3F)c12. The monoisotopic (exact) mass is 624 g/mol. The van der Waals surface area contributed by atoms with Crippen molar-refractivity contribution in [2.24, 2.45) is 0 Å². The molecule has 1 saturated heterocycles. The van der Waals surface area contributed by atoms with Crippen molar-refractivity contribution < 1.29 is 28.2 Å². The van der Waals surface area contributed by atoms with Crippen molar-refractivity contribution in [1.29, 1.82) is 0 Å². The van der Waals surface area contributed by atoms with Crippen molar-refractivity contribution >= 4 is 45.7 Å². The number of hydrogen-bond acceptors (Lipinski definition) is 7. The van der Waals surface area contributed by atoms with Gasteiger partial charge in [-0.25, -0.2) is 8.78 Å². The lowest BCUT2D eigenvalue weighted by atomic mass is 10.1. The molecule has 2 fully saturated rings. The van der Waals surface area contributed by atoms with Crippen LogP contribution in [0, 0.1) is 5.82 Å². The Morgan fingerprint density at radius 1 is 1.17 bits per heavy atom. The fraction of sp³-hybridized carbons (Fsp3) is 0.448. The van der Waals surface area contributed by atoms with Crippen LogP contribution in [0.3, 0.4) is 0 Å². The Balaban J connectivity index is 1.46. The zero-order valence-electron chi connectivity index (χ0n) is 23.0. The Hall–Kier alpha value is -2.96. The molecule has 5 rings (SSSR count). The molecule has 1 amide bonds. The molecule has 2 N–H and O–H groups in total. The van der Waals surface area contributed by atoms with Gasteiger partial charge in [-0.3, -0.25) is 14.5 Å². The van der Waals surface area contributed by atoms with E-state index in [-0.39, 0.29) is 54.1 Å². The largest absolute Gasteiger partial charge is 0.492 e. The first-order valence-electron chi connectivity index (χ1n) is 13.7. The smallest absolute Gasteiger partial charge is 0.257 e. The molecule has 3 aromatic rings. The second-order valence-electron chi connectivity index (χ2n) is 10.3. The Bertz CT molecular complexity index is 1530. The average Bonchev–Trinajstić information content (AvgIpc) is 3.71. The van der Waals surface area contributed by atoms with Gasteiger partial charge in [0.1, 0.15) is 17.4 Å². The molecule has 2 aliphatic rings. The topological polar surface area (TPSA) is 96.3 Å². The summed E-state index contributed by atoms with van der Waals surface area (Å²) in [4.78, 5) is 30.8. The van der Waals surface area contributed by atoms with Crippen molar-refractivity contribution in [3.8, 4) is 5.75 Å². The van der Waals surface area contributed by atoms with Gasteiger partial charge < -0.3 is 29.4 Å². The molecule has 2 atom stereocenters. The third-order valence-corrected chi connectivity index (χ3v) is 8.20. The maximum atomic E-state index is 15.8. The molecule has 2 aromatic carbocycles. The first kappa shape index (κ1) is 30.5. The second kappa shape index (κ2) is 13.1. The molecule has 13 heteroatoms. The standard InChI is InChI=1S/C29H32Cl2F2N4O5/c1-41-28-25-19(13-23(33)26(28)36-6-4-35(5-7-36)8-10-42-11-9-38)27(39)20(16-37(25)24-14-22(24)32)29(40)34-15-17-2-3-18(30)12-21(17)31/h2-3,12-13,16,22,24,38H,4-11,14-15H2,1H3,(H,34,40)/t22-,24+/m0/s1. The zero-order chi connectivity index (χ0) is 30.0. The van der Waals surface area contributed by atoms with Gasteiger partial charge in [0, 0.05) is 61.9 Å². The van der Waals surface area contributed by atoms with Gasteiger partial charge in [0.05, 0.1) is 43.9 Å². The molecule has 2 heterocycles. The van der Waals surface area contributed by atoms with E-state index in [4.69, 9.17) is 37.8 Å². The fourth-order valence-electron chi connectivity index (χ4n) is 5.29. The van der Waals surface area contributed by atoms with Gasteiger partial charge in [-0.1, -0.05) is 29.3 Å². The van der Waals surface area contributed by atoms with Gasteiger partial charge in [-0.05, 0) is 23.8 Å². The van der Waals surface area contributed by atoms with Gasteiger partial charge >= 0.3 is 0 Å². The number of ether oxygens (including phenoxy) is 2. The van der Waals surface area contributed by atoms with Crippen molar-refractivity contribution in [1.82, 2.24) is 14.8 Å². The Morgan fingerprint density at radius 2 is 1.90 bits per heavy atom. The summed E-state index contributed by atoms with van der Waals surface area (Å²) in [6.45, 7) is 3.70. The Kier molecular flexibility index (Phi) is 9.54. The highest BCUT2D eigenvalue weighted by atomic mass is 35.5. The van der Waals surface area contributed by atoms with E-state index in [0.29, 0.717) is 54.9 Å². The van der Waals surface area contributed by atoms with Crippen LogP contribution in [0.25, 0.3) is 10.9 Å². The Morgan fingerprint density at radius 3 is 2.55 bits per heavy atom. The molecule has 0 unspecified atom stereocenters. The summed E-state index contributed by atoms with van der Waals surface area (Å²) in [5.74, 6) is -1.23. The normalized spacial score (nSPS) is 18.9. The number of nitrogens with one attached hydrogen (secondary N) is 1. The predicted molar refractivity (Wildman–Crippen MR) is 157 cm³/mol. The summed E-state index contributed by atoms with van der Waals surface area (Å²) in [5.41, 5.74) is 0.115. The minimum atomic E-state index is -1.17. The van der Waals surface area contributed by atoms with Crippen molar-refractivity contribution in [2.75, 3.05) is 64.6 Å². The van der Waals surface area contributed by atoms with E-state index >= 15 is 4.39 Å². The van der Waals surface area contributed by atoms with E-state index in [1.807, 2.05) is 4.90 Å². The molecule has 226 valence electrons. The fourth-order valence-corrected chi connectivity index (χ4v) is 5.76. The Labute approximate surface area is 251 Å². The quantitative estimate of drug-likeness (QED) is 0.313. The molecule has 42 heavy (non-hydrogen) atoms. The number of methoxy groups -OCH3 is 1. The number of alkyl halides is 1. The van der Waals surface area contributed by atoms with Gasteiger partial charge in [-0.2, -0.15) is 0 Å². The molecule has 0 spiro atoms. The molecule has 0 radical (unpaired) electrons. The number of halogens is 4. The summed E-state index contributed by atoms with van der Waals surface area (Å²) in [6, 6.07) is 5.33. The van der Waals surface area contributed by atoms with E-state index in [9.17, 15) is 14.0 Å². The van der Waals surface area contributed by atoms with Crippen molar-refractivity contribution in [3.63, 3.8) is 0 Å². The van der Waals surface area contributed by atoms with Crippen LogP contribution >= 0.6 is 23.2 Å². The van der Waals surface area contributed by atoms with Gasteiger partial charge in [0.2, 0.25) is 5.43 Å². The molecule has 9 nitrogen and oxygen atoms in total. The number of piperazine rings is 1. The number of aliphatic hydroxyl groups excluding tert-OH is 1. The predicted octanol–water partition coefficient (Wildman–Crippen LogP) is 3.80. The highest BCUT2D eigenvalue weighted by Crippen LogP contribution is 2.45. The summed E-state index contributed by atoms with van der Waals surface area (Å²) in [5, 5.41) is 12.3. The third kappa shape index (κ3) is 6.35. The summed E-state index contributed by atoms with van der Waals surface area (Å²) < 4.78 is 42.8. The second-order valence-corrected chi connectivity index (χ2v) is 11.2. The lowest BCUT2D eigenvalue weighted by Gasteiger charge is -2.37. The highest BCUT2D eigenvalue weighted by Gasteiger charge is 2.41. The minimum Gasteiger partial charge on any atom is -0.492 e. The maximum absolute atomic E-state index is 15.8. The van der Waals surface area contributed by atoms with Crippen LogP contribution in [-0.2, 0) is 11.3 Å². The summed E-state index contributed by atoms with van der Waals surface area (Å²) >= 11 is 12.2. The molecule has 1 aliphatic heterocycles. The van der Waals surface area contributed by atoms with E-state index in [0.717, 1.165) is 6.07 Å². The third-order valence-electron chi connectivity index (χ3n) is 7.62. The number of pyridine rings is 1. The van der Waals surface area contributed by atoms with Gasteiger partial charge in [-0.15, -0.1) is 0 Å². The highest BCUT2D eigenvalue weighted by molar-refractivity contribution is 6.35. The number of aromatic nitrogens is 1. The number of rotatable bonds is 11. The van der Waals surface area contributed by atoms with Crippen LogP contribution in [0.1, 0.15) is 28.4 Å². The molecular formula is C29H32Cl2F2N4O5. The van der Waals surface area contributed by atoms with E-state index in [1.54, 1.807) is 18.2 Å². The molecular weight excluding hydrogens is 593 g/mol. The summed E-state index contributed by atoms with van der Waals surface area (Å²) in [6.07, 6.45) is 0.364. The average molecular weight is 626 g/mol. The number of nitrogens with zero attached hydrogens (tertiary/aromatic N) is 3. The number of carbonyl (C=O) groups is 1. The number of anilines is 1. The lowest BCUT2D eigenvalue weighted by molar-refractivity contribution is 0.0724. The minimum absolute atomic E-state index is 0.0254. The van der Waals surface area contributed by atoms with E-state index in [2.05, 4.69) is 10.2 Å². The van der Waals surface area contributed by atoms with Crippen molar-refractivity contribution in [3.05, 3.63) is 67.7 Å². The zero-order valence-corrected chi connectivity index (χ0v) is 24.6. The van der Waals surface area contributed by atoms with Gasteiger partial charge in [0.25, 0.3) is 5.91 Å². The van der Waals surface area contributed by atoms with Crippen LogP contribution in [0.15, 0.2) is 35.3 Å². The first-order valence-corrected chi connectivity index (χ1v) is 14.5. The van der Waals surface area contributed by atoms with E-state index < -0.39 is 29.4 Å². The maximum Gasteiger partial charge on any atom is 0.257 e. The van der Waals surface area contributed by atoms with Crippen LogP contribution in [0.2, 0.25) is 10.0 Å². The van der Waals surface area contributed by atoms with Crippen LogP contribution in [-0.4, -0.2) is 86.3 Å². The number of aliphatic hydroxyl groups is 1. The number of benzene rings is 2. The van der Waals surface area contributed by atoms with Gasteiger partial charge in [0.15, 0.2) is 11.6 Å². The number of carbonyl (C=O) groups excluding carboxylic acids is 1. The number of hydrogen-bond donors (Lipinski definition) is 2. The number of amides is 1. The van der Waals surface area contributed by atoms with Crippen molar-refractivity contribution in [2.45, 2.75) is 25.2 Å². The first-order chi connectivity index (χ1) is 20.2. The number of fused-ring (bicyclic) bond motifs is 1. The molecule has 1 aliphatic carbocycles.